The summed E-state index contributed by atoms with van der Waals surface area (Å²) in [6.45, 7) is 0. The highest BCUT2D eigenvalue weighted by atomic mass is 16.5. The Labute approximate surface area is 172 Å². The van der Waals surface area contributed by atoms with Gasteiger partial charge in [0.1, 0.15) is 22.8 Å². The van der Waals surface area contributed by atoms with E-state index in [9.17, 15) is 9.59 Å². The van der Waals surface area contributed by atoms with Crippen LogP contribution in [0.5, 0.6) is 17.2 Å². The molecule has 150 valence electrons. The number of amides is 2. The Hall–Kier alpha value is -3.80. The molecule has 6 nitrogen and oxygen atoms in total. The lowest BCUT2D eigenvalue weighted by Crippen LogP contribution is -2.39. The number of ether oxygens (including phenoxy) is 2. The van der Waals surface area contributed by atoms with E-state index >= 15 is 0 Å². The van der Waals surface area contributed by atoms with Crippen LogP contribution in [-0.2, 0) is 9.59 Å². The standard InChI is InChI=1S/C24H19NO5/c1-28-16-3-2-4-17(12-16)30-18-6-5-14-11-22-20(10-15(14)9-18)21(13-29-22)19-7-8-23(26)25-24(19)27/h2-6,9-13,19H,7-8H2,1H3,(H,25,26,27). The van der Waals surface area contributed by atoms with Crippen LogP contribution in [0.4, 0.5) is 0 Å². The number of hydrogen-bond donors (Lipinski definition) is 1. The molecule has 1 aliphatic heterocycles. The van der Waals surface area contributed by atoms with Crippen molar-refractivity contribution in [2.75, 3.05) is 7.11 Å². The maximum atomic E-state index is 12.3. The van der Waals surface area contributed by atoms with E-state index in [4.69, 9.17) is 13.9 Å². The van der Waals surface area contributed by atoms with E-state index in [1.807, 2.05) is 54.6 Å². The lowest BCUT2D eigenvalue weighted by Gasteiger charge is -2.19. The first kappa shape index (κ1) is 18.2. The van der Waals surface area contributed by atoms with Crippen LogP contribution in [0.25, 0.3) is 21.7 Å². The van der Waals surface area contributed by atoms with Crippen LogP contribution in [-0.4, -0.2) is 18.9 Å². The minimum Gasteiger partial charge on any atom is -0.497 e. The lowest BCUT2D eigenvalue weighted by atomic mass is 9.90. The molecule has 6 heteroatoms. The Morgan fingerprint density at radius 3 is 2.63 bits per heavy atom. The molecule has 1 unspecified atom stereocenters. The number of nitrogens with one attached hydrogen (secondary N) is 1. The predicted octanol–water partition coefficient (Wildman–Crippen LogP) is 4.91. The third-order valence-corrected chi connectivity index (χ3v) is 5.43. The van der Waals surface area contributed by atoms with Crippen LogP contribution >= 0.6 is 0 Å². The van der Waals surface area contributed by atoms with Crippen molar-refractivity contribution in [2.45, 2.75) is 18.8 Å². The second-order valence-electron chi connectivity index (χ2n) is 7.33. The first-order valence-corrected chi connectivity index (χ1v) is 9.71. The van der Waals surface area contributed by atoms with E-state index in [-0.39, 0.29) is 11.8 Å². The zero-order valence-electron chi connectivity index (χ0n) is 16.3. The summed E-state index contributed by atoms with van der Waals surface area (Å²) < 4.78 is 17.0. The number of piperidine rings is 1. The van der Waals surface area contributed by atoms with Gasteiger partial charge in [0.2, 0.25) is 11.8 Å². The maximum absolute atomic E-state index is 12.3. The van der Waals surface area contributed by atoms with Crippen molar-refractivity contribution in [3.63, 3.8) is 0 Å². The van der Waals surface area contributed by atoms with Crippen LogP contribution in [0, 0.1) is 0 Å². The van der Waals surface area contributed by atoms with E-state index in [2.05, 4.69) is 5.32 Å². The molecular weight excluding hydrogens is 382 g/mol. The average Bonchev–Trinajstić information content (AvgIpc) is 3.15. The van der Waals surface area contributed by atoms with Crippen LogP contribution in [0.3, 0.4) is 0 Å². The average molecular weight is 401 g/mol. The Kier molecular flexibility index (Phi) is 4.39. The summed E-state index contributed by atoms with van der Waals surface area (Å²) in [4.78, 5) is 23.8. The summed E-state index contributed by atoms with van der Waals surface area (Å²) in [5, 5.41) is 5.26. The quantitative estimate of drug-likeness (QED) is 0.492. The zero-order valence-corrected chi connectivity index (χ0v) is 16.3. The van der Waals surface area contributed by atoms with Crippen LogP contribution in [0.15, 0.2) is 65.3 Å². The molecule has 4 aromatic rings. The molecule has 2 amide bonds. The largest absolute Gasteiger partial charge is 0.497 e. The molecule has 5 rings (SSSR count). The van der Waals surface area contributed by atoms with E-state index in [1.54, 1.807) is 13.4 Å². The van der Waals surface area contributed by atoms with E-state index < -0.39 is 5.92 Å². The number of carbonyl (C=O) groups is 2. The molecule has 3 aromatic carbocycles. The topological polar surface area (TPSA) is 77.8 Å². The summed E-state index contributed by atoms with van der Waals surface area (Å²) in [5.41, 5.74) is 1.51. The minimum absolute atomic E-state index is 0.228. The Morgan fingerprint density at radius 1 is 0.967 bits per heavy atom. The van der Waals surface area contributed by atoms with Crippen molar-refractivity contribution in [3.8, 4) is 17.2 Å². The van der Waals surface area contributed by atoms with E-state index in [0.717, 1.165) is 27.5 Å². The number of hydrogen-bond acceptors (Lipinski definition) is 5. The van der Waals surface area contributed by atoms with Gasteiger partial charge >= 0.3 is 0 Å². The fourth-order valence-corrected chi connectivity index (χ4v) is 3.89. The fourth-order valence-electron chi connectivity index (χ4n) is 3.89. The SMILES string of the molecule is COc1cccc(Oc2ccc3cc4occ(C5CCC(=O)NC5=O)c4cc3c2)c1. The number of methoxy groups -OCH3 is 1. The highest BCUT2D eigenvalue weighted by Gasteiger charge is 2.30. The molecule has 1 aromatic heterocycles. The van der Waals surface area contributed by atoms with Gasteiger partial charge in [0.25, 0.3) is 0 Å². The molecule has 0 aliphatic carbocycles. The Bertz CT molecular complexity index is 1290. The second-order valence-corrected chi connectivity index (χ2v) is 7.33. The van der Waals surface area contributed by atoms with Crippen LogP contribution in [0.1, 0.15) is 24.3 Å². The molecule has 0 spiro atoms. The van der Waals surface area contributed by atoms with Crippen molar-refractivity contribution >= 4 is 33.6 Å². The predicted molar refractivity (Wildman–Crippen MR) is 112 cm³/mol. The minimum atomic E-state index is -0.391. The van der Waals surface area contributed by atoms with Gasteiger partial charge in [0, 0.05) is 23.4 Å². The molecule has 1 fully saturated rings. The third kappa shape index (κ3) is 3.26. The summed E-state index contributed by atoms with van der Waals surface area (Å²) in [6.07, 6.45) is 2.43. The molecule has 1 aliphatic rings. The molecule has 1 atom stereocenters. The normalized spacial score (nSPS) is 16.6. The summed E-state index contributed by atoms with van der Waals surface area (Å²) in [7, 11) is 1.62. The molecule has 2 heterocycles. The number of fused-ring (bicyclic) bond motifs is 2. The van der Waals surface area contributed by atoms with Crippen LogP contribution in [0.2, 0.25) is 0 Å². The van der Waals surface area contributed by atoms with Gasteiger partial charge in [0.05, 0.1) is 19.3 Å². The molecule has 0 bridgehead atoms. The zero-order chi connectivity index (χ0) is 20.7. The van der Waals surface area contributed by atoms with Crippen molar-refractivity contribution in [2.24, 2.45) is 0 Å². The molecule has 1 N–H and O–H groups in total. The monoisotopic (exact) mass is 401 g/mol. The molecule has 30 heavy (non-hydrogen) atoms. The number of rotatable bonds is 4. The molecular formula is C24H19NO5. The van der Waals surface area contributed by atoms with Gasteiger partial charge in [-0.3, -0.25) is 14.9 Å². The first-order chi connectivity index (χ1) is 14.6. The number of benzene rings is 3. The van der Waals surface area contributed by atoms with Gasteiger partial charge in [-0.05, 0) is 53.6 Å². The van der Waals surface area contributed by atoms with Gasteiger partial charge in [-0.1, -0.05) is 12.1 Å². The molecule has 0 saturated carbocycles. The van der Waals surface area contributed by atoms with Gasteiger partial charge in [-0.2, -0.15) is 0 Å². The number of furan rings is 1. The smallest absolute Gasteiger partial charge is 0.234 e. The summed E-state index contributed by atoms with van der Waals surface area (Å²) in [6, 6.07) is 17.2. The highest BCUT2D eigenvalue weighted by Crippen LogP contribution is 2.36. The third-order valence-electron chi connectivity index (χ3n) is 5.43. The van der Waals surface area contributed by atoms with Crippen LogP contribution < -0.4 is 14.8 Å². The van der Waals surface area contributed by atoms with E-state index in [1.165, 1.54) is 0 Å². The number of carbonyl (C=O) groups excluding carboxylic acids is 2. The van der Waals surface area contributed by atoms with Crippen molar-refractivity contribution < 1.29 is 23.5 Å². The Balaban J connectivity index is 1.52. The van der Waals surface area contributed by atoms with Crippen molar-refractivity contribution in [3.05, 3.63) is 66.4 Å². The first-order valence-electron chi connectivity index (χ1n) is 9.71. The highest BCUT2D eigenvalue weighted by molar-refractivity contribution is 6.04. The van der Waals surface area contributed by atoms with Gasteiger partial charge in [-0.15, -0.1) is 0 Å². The summed E-state index contributed by atoms with van der Waals surface area (Å²) >= 11 is 0. The lowest BCUT2D eigenvalue weighted by molar-refractivity contribution is -0.134. The van der Waals surface area contributed by atoms with Crippen molar-refractivity contribution in [1.29, 1.82) is 0 Å². The van der Waals surface area contributed by atoms with Crippen molar-refractivity contribution in [1.82, 2.24) is 5.32 Å². The van der Waals surface area contributed by atoms with Gasteiger partial charge in [-0.25, -0.2) is 0 Å². The molecule has 1 saturated heterocycles. The van der Waals surface area contributed by atoms with E-state index in [0.29, 0.717) is 29.9 Å². The second kappa shape index (κ2) is 7.22. The molecule has 0 radical (unpaired) electrons. The van der Waals surface area contributed by atoms with Gasteiger partial charge < -0.3 is 13.9 Å². The number of imide groups is 1. The fraction of sp³-hybridized carbons (Fsp3) is 0.167. The van der Waals surface area contributed by atoms with Gasteiger partial charge in [0.15, 0.2) is 0 Å². The Morgan fingerprint density at radius 2 is 1.80 bits per heavy atom. The summed E-state index contributed by atoms with van der Waals surface area (Å²) in [5.74, 6) is 1.21. The maximum Gasteiger partial charge on any atom is 0.234 e.